The lowest BCUT2D eigenvalue weighted by Gasteiger charge is -2.00. The van der Waals surface area contributed by atoms with E-state index in [2.05, 4.69) is 15.4 Å². The standard InChI is InChI=1S/C9H11N3O3/c1-3-14-4-6-7-5(2)15-12-8(7)9(13)11-10-6/h3-4H2,1-2H3,(H,11,13). The van der Waals surface area contributed by atoms with Crippen molar-refractivity contribution in [1.29, 1.82) is 0 Å². The second-order valence-corrected chi connectivity index (χ2v) is 3.10. The van der Waals surface area contributed by atoms with Gasteiger partial charge in [0.15, 0.2) is 5.52 Å². The van der Waals surface area contributed by atoms with Crippen molar-refractivity contribution in [2.24, 2.45) is 0 Å². The molecular weight excluding hydrogens is 198 g/mol. The van der Waals surface area contributed by atoms with Crippen LogP contribution in [-0.4, -0.2) is 22.0 Å². The first-order valence-corrected chi connectivity index (χ1v) is 4.65. The highest BCUT2D eigenvalue weighted by Gasteiger charge is 2.13. The zero-order valence-electron chi connectivity index (χ0n) is 8.53. The molecule has 0 bridgehead atoms. The summed E-state index contributed by atoms with van der Waals surface area (Å²) < 4.78 is 10.2. The van der Waals surface area contributed by atoms with E-state index in [0.717, 1.165) is 0 Å². The number of fused-ring (bicyclic) bond motifs is 1. The monoisotopic (exact) mass is 209 g/mol. The van der Waals surface area contributed by atoms with E-state index in [1.54, 1.807) is 6.92 Å². The zero-order chi connectivity index (χ0) is 10.8. The maximum atomic E-state index is 11.3. The summed E-state index contributed by atoms with van der Waals surface area (Å²) >= 11 is 0. The Bertz CT molecular complexity index is 529. The molecule has 0 aromatic carbocycles. The van der Waals surface area contributed by atoms with Crippen LogP contribution in [0.3, 0.4) is 0 Å². The summed E-state index contributed by atoms with van der Waals surface area (Å²) in [6, 6.07) is 0. The summed E-state index contributed by atoms with van der Waals surface area (Å²) in [5.41, 5.74) is 0.574. The smallest absolute Gasteiger partial charge is 0.294 e. The van der Waals surface area contributed by atoms with Gasteiger partial charge in [0.2, 0.25) is 0 Å². The molecule has 0 aliphatic rings. The van der Waals surface area contributed by atoms with Crippen LogP contribution in [0.5, 0.6) is 0 Å². The van der Waals surface area contributed by atoms with Gasteiger partial charge in [-0.3, -0.25) is 4.79 Å². The van der Waals surface area contributed by atoms with Crippen LogP contribution in [0.2, 0.25) is 0 Å². The van der Waals surface area contributed by atoms with Crippen LogP contribution in [0, 0.1) is 6.92 Å². The van der Waals surface area contributed by atoms with Gasteiger partial charge in [-0.15, -0.1) is 0 Å². The van der Waals surface area contributed by atoms with Crippen LogP contribution in [0.15, 0.2) is 9.32 Å². The van der Waals surface area contributed by atoms with E-state index in [-0.39, 0.29) is 11.1 Å². The van der Waals surface area contributed by atoms with Crippen molar-refractivity contribution >= 4 is 10.9 Å². The lowest BCUT2D eigenvalue weighted by atomic mass is 10.2. The Hall–Kier alpha value is -1.69. The maximum Gasteiger partial charge on any atom is 0.294 e. The summed E-state index contributed by atoms with van der Waals surface area (Å²) in [5.74, 6) is 0.582. The Morgan fingerprint density at radius 3 is 3.07 bits per heavy atom. The SMILES string of the molecule is CCOCc1n[nH]c(=O)c2noc(C)c12. The molecule has 0 aliphatic carbocycles. The van der Waals surface area contributed by atoms with Crippen molar-refractivity contribution in [1.82, 2.24) is 15.4 Å². The number of aromatic amines is 1. The molecule has 0 saturated heterocycles. The van der Waals surface area contributed by atoms with E-state index in [1.165, 1.54) is 0 Å². The Morgan fingerprint density at radius 2 is 2.33 bits per heavy atom. The first kappa shape index (κ1) is 9.85. The highest BCUT2D eigenvalue weighted by atomic mass is 16.5. The van der Waals surface area contributed by atoms with Crippen molar-refractivity contribution < 1.29 is 9.26 Å². The van der Waals surface area contributed by atoms with Gasteiger partial charge in [-0.05, 0) is 13.8 Å². The van der Waals surface area contributed by atoms with Crippen LogP contribution in [0.25, 0.3) is 10.9 Å². The second-order valence-electron chi connectivity index (χ2n) is 3.10. The summed E-state index contributed by atoms with van der Waals surface area (Å²) in [4.78, 5) is 11.3. The lowest BCUT2D eigenvalue weighted by molar-refractivity contribution is 0.131. The Kier molecular flexibility index (Phi) is 2.51. The fourth-order valence-corrected chi connectivity index (χ4v) is 1.40. The molecule has 2 rings (SSSR count). The molecule has 2 aromatic heterocycles. The van der Waals surface area contributed by atoms with Gasteiger partial charge in [0.25, 0.3) is 5.56 Å². The third-order valence-electron chi connectivity index (χ3n) is 2.10. The molecule has 0 aliphatic heterocycles. The van der Waals surface area contributed by atoms with E-state index in [1.807, 2.05) is 6.92 Å². The van der Waals surface area contributed by atoms with Gasteiger partial charge in [0.1, 0.15) is 5.76 Å². The average Bonchev–Trinajstić information content (AvgIpc) is 2.61. The van der Waals surface area contributed by atoms with Gasteiger partial charge in [-0.1, -0.05) is 5.16 Å². The minimum Gasteiger partial charge on any atom is -0.375 e. The fraction of sp³-hybridized carbons (Fsp3) is 0.444. The van der Waals surface area contributed by atoms with Crippen molar-refractivity contribution in [2.45, 2.75) is 20.5 Å². The van der Waals surface area contributed by atoms with Gasteiger partial charge in [-0.25, -0.2) is 5.10 Å². The van der Waals surface area contributed by atoms with E-state index in [9.17, 15) is 4.79 Å². The van der Waals surface area contributed by atoms with Crippen LogP contribution in [-0.2, 0) is 11.3 Å². The molecule has 6 nitrogen and oxygen atoms in total. The predicted molar refractivity (Wildman–Crippen MR) is 52.5 cm³/mol. The quantitative estimate of drug-likeness (QED) is 0.806. The number of aryl methyl sites for hydroxylation is 1. The van der Waals surface area contributed by atoms with Crippen molar-refractivity contribution in [3.8, 4) is 0 Å². The molecule has 2 heterocycles. The highest BCUT2D eigenvalue weighted by Crippen LogP contribution is 2.17. The predicted octanol–water partition coefficient (Wildman–Crippen LogP) is 0.756. The van der Waals surface area contributed by atoms with E-state index in [0.29, 0.717) is 30.1 Å². The normalized spacial score (nSPS) is 11.1. The third-order valence-corrected chi connectivity index (χ3v) is 2.10. The Balaban J connectivity index is 2.59. The second kappa shape index (κ2) is 3.82. The van der Waals surface area contributed by atoms with E-state index >= 15 is 0 Å². The first-order valence-electron chi connectivity index (χ1n) is 4.65. The van der Waals surface area contributed by atoms with Gasteiger partial charge in [0, 0.05) is 6.61 Å². The van der Waals surface area contributed by atoms with Crippen LogP contribution in [0.1, 0.15) is 18.4 Å². The Labute approximate surface area is 85.2 Å². The number of hydrogen-bond donors (Lipinski definition) is 1. The molecule has 0 atom stereocenters. The molecule has 15 heavy (non-hydrogen) atoms. The highest BCUT2D eigenvalue weighted by molar-refractivity contribution is 5.81. The minimum atomic E-state index is -0.345. The lowest BCUT2D eigenvalue weighted by Crippen LogP contribution is -2.11. The van der Waals surface area contributed by atoms with E-state index < -0.39 is 0 Å². The number of rotatable bonds is 3. The number of hydrogen-bond acceptors (Lipinski definition) is 5. The summed E-state index contributed by atoms with van der Waals surface area (Å²) in [7, 11) is 0. The average molecular weight is 209 g/mol. The van der Waals surface area contributed by atoms with Crippen molar-refractivity contribution in [2.75, 3.05) is 6.61 Å². The van der Waals surface area contributed by atoms with Gasteiger partial charge in [0.05, 0.1) is 17.7 Å². The van der Waals surface area contributed by atoms with E-state index in [4.69, 9.17) is 9.26 Å². The zero-order valence-corrected chi connectivity index (χ0v) is 8.53. The molecule has 80 valence electrons. The number of aromatic nitrogens is 3. The molecule has 0 radical (unpaired) electrons. The summed E-state index contributed by atoms with van der Waals surface area (Å²) in [6.07, 6.45) is 0. The minimum absolute atomic E-state index is 0.275. The molecule has 0 spiro atoms. The van der Waals surface area contributed by atoms with Crippen molar-refractivity contribution in [3.63, 3.8) is 0 Å². The fourth-order valence-electron chi connectivity index (χ4n) is 1.40. The molecule has 1 N–H and O–H groups in total. The van der Waals surface area contributed by atoms with Gasteiger partial charge in [-0.2, -0.15) is 5.10 Å². The largest absolute Gasteiger partial charge is 0.375 e. The third kappa shape index (κ3) is 1.63. The molecule has 6 heteroatoms. The van der Waals surface area contributed by atoms with Crippen LogP contribution >= 0.6 is 0 Å². The van der Waals surface area contributed by atoms with Gasteiger partial charge < -0.3 is 9.26 Å². The Morgan fingerprint density at radius 1 is 1.53 bits per heavy atom. The number of nitrogens with one attached hydrogen (secondary N) is 1. The van der Waals surface area contributed by atoms with Crippen LogP contribution in [0.4, 0.5) is 0 Å². The molecule has 0 unspecified atom stereocenters. The number of nitrogens with zero attached hydrogens (tertiary/aromatic N) is 2. The topological polar surface area (TPSA) is 81.0 Å². The first-order chi connectivity index (χ1) is 7.24. The molecular formula is C9H11N3O3. The van der Waals surface area contributed by atoms with Gasteiger partial charge >= 0.3 is 0 Å². The van der Waals surface area contributed by atoms with Crippen molar-refractivity contribution in [3.05, 3.63) is 21.8 Å². The summed E-state index contributed by atoms with van der Waals surface area (Å²) in [6.45, 7) is 4.56. The maximum absolute atomic E-state index is 11.3. The summed E-state index contributed by atoms with van der Waals surface area (Å²) in [5, 5.41) is 10.6. The van der Waals surface area contributed by atoms with Crippen LogP contribution < -0.4 is 5.56 Å². The molecule has 2 aromatic rings. The molecule has 0 amide bonds. The molecule has 0 saturated carbocycles. The number of H-pyrrole nitrogens is 1. The number of ether oxygens (including phenoxy) is 1. The molecule has 0 fully saturated rings.